The maximum absolute atomic E-state index is 14.1. The van der Waals surface area contributed by atoms with Crippen LogP contribution in [-0.4, -0.2) is 6.54 Å². The Kier molecular flexibility index (Phi) is 4.68. The molecule has 0 aromatic heterocycles. The first kappa shape index (κ1) is 14.9. The highest BCUT2D eigenvalue weighted by Gasteiger charge is 2.19. The van der Waals surface area contributed by atoms with Gasteiger partial charge < -0.3 is 5.32 Å². The maximum Gasteiger partial charge on any atom is 0.159 e. The summed E-state index contributed by atoms with van der Waals surface area (Å²) in [5.74, 6) is -2.46. The summed E-state index contributed by atoms with van der Waals surface area (Å²) in [6, 6.07) is 7.54. The highest BCUT2D eigenvalue weighted by molar-refractivity contribution is 6.30. The van der Waals surface area contributed by atoms with Gasteiger partial charge in [0, 0.05) is 5.56 Å². The van der Waals surface area contributed by atoms with Gasteiger partial charge in [-0.3, -0.25) is 0 Å². The molecule has 0 aliphatic rings. The molecule has 1 unspecified atom stereocenters. The van der Waals surface area contributed by atoms with Crippen LogP contribution < -0.4 is 5.32 Å². The van der Waals surface area contributed by atoms with Gasteiger partial charge in [-0.05, 0) is 30.3 Å². The molecule has 1 N–H and O–H groups in total. The zero-order valence-corrected chi connectivity index (χ0v) is 11.5. The molecule has 1 nitrogen and oxygen atoms in total. The van der Waals surface area contributed by atoms with Gasteiger partial charge in [0.15, 0.2) is 11.6 Å². The van der Waals surface area contributed by atoms with Crippen LogP contribution in [0.5, 0.6) is 0 Å². The molecule has 0 aliphatic carbocycles. The Morgan fingerprint density at radius 2 is 1.85 bits per heavy atom. The first-order valence-electron chi connectivity index (χ1n) is 6.16. The number of hydrogen-bond donors (Lipinski definition) is 1. The second-order valence-corrected chi connectivity index (χ2v) is 4.71. The molecule has 0 fully saturated rings. The van der Waals surface area contributed by atoms with Crippen LogP contribution >= 0.6 is 11.6 Å². The smallest absolute Gasteiger partial charge is 0.159 e. The first-order valence-corrected chi connectivity index (χ1v) is 6.54. The highest BCUT2D eigenvalue weighted by atomic mass is 35.5. The predicted molar refractivity (Wildman–Crippen MR) is 73.3 cm³/mol. The molecule has 0 aliphatic heterocycles. The van der Waals surface area contributed by atoms with E-state index >= 15 is 0 Å². The Morgan fingerprint density at radius 1 is 1.10 bits per heavy atom. The fourth-order valence-corrected chi connectivity index (χ4v) is 2.23. The van der Waals surface area contributed by atoms with Crippen molar-refractivity contribution in [1.82, 2.24) is 5.32 Å². The molecule has 1 atom stereocenters. The standard InChI is InChI=1S/C15H13ClF3N/c1-2-20-15(9-6-7-12(17)13(18)8-9)10-4-3-5-11(16)14(10)19/h3-8,15,20H,2H2,1H3. The maximum atomic E-state index is 14.1. The second kappa shape index (κ2) is 6.29. The molecule has 0 heterocycles. The normalized spacial score (nSPS) is 12.4. The quantitative estimate of drug-likeness (QED) is 0.879. The Hall–Kier alpha value is -1.52. The average molecular weight is 300 g/mol. The van der Waals surface area contributed by atoms with E-state index < -0.39 is 23.5 Å². The van der Waals surface area contributed by atoms with Crippen LogP contribution in [0.25, 0.3) is 0 Å². The molecular weight excluding hydrogens is 287 g/mol. The second-order valence-electron chi connectivity index (χ2n) is 4.31. The van der Waals surface area contributed by atoms with Gasteiger partial charge in [-0.25, -0.2) is 13.2 Å². The van der Waals surface area contributed by atoms with E-state index in [4.69, 9.17) is 11.6 Å². The number of rotatable bonds is 4. The summed E-state index contributed by atoms with van der Waals surface area (Å²) in [7, 11) is 0. The number of hydrogen-bond acceptors (Lipinski definition) is 1. The van der Waals surface area contributed by atoms with E-state index in [1.165, 1.54) is 12.1 Å². The lowest BCUT2D eigenvalue weighted by atomic mass is 9.98. The van der Waals surface area contributed by atoms with Crippen LogP contribution in [0.2, 0.25) is 5.02 Å². The minimum Gasteiger partial charge on any atom is -0.306 e. The van der Waals surface area contributed by atoms with Gasteiger partial charge in [0.1, 0.15) is 5.82 Å². The largest absolute Gasteiger partial charge is 0.306 e. The molecule has 20 heavy (non-hydrogen) atoms. The summed E-state index contributed by atoms with van der Waals surface area (Å²) < 4.78 is 40.5. The third-order valence-corrected chi connectivity index (χ3v) is 3.27. The zero-order chi connectivity index (χ0) is 14.7. The summed E-state index contributed by atoms with van der Waals surface area (Å²) in [4.78, 5) is 0. The molecule has 0 radical (unpaired) electrons. The van der Waals surface area contributed by atoms with Crippen molar-refractivity contribution in [3.05, 3.63) is 70.0 Å². The molecular formula is C15H13ClF3N. The lowest BCUT2D eigenvalue weighted by molar-refractivity contribution is 0.502. The van der Waals surface area contributed by atoms with E-state index in [1.807, 2.05) is 6.92 Å². The van der Waals surface area contributed by atoms with Gasteiger partial charge >= 0.3 is 0 Å². The van der Waals surface area contributed by atoms with Gasteiger partial charge in [-0.15, -0.1) is 0 Å². The lowest BCUT2D eigenvalue weighted by Gasteiger charge is -2.20. The van der Waals surface area contributed by atoms with E-state index in [9.17, 15) is 13.2 Å². The Bertz CT molecular complexity index is 616. The van der Waals surface area contributed by atoms with Crippen LogP contribution in [0.4, 0.5) is 13.2 Å². The minimum absolute atomic E-state index is 0.00649. The van der Waals surface area contributed by atoms with Crippen LogP contribution in [0.1, 0.15) is 24.1 Å². The van der Waals surface area contributed by atoms with E-state index in [-0.39, 0.29) is 5.02 Å². The van der Waals surface area contributed by atoms with E-state index in [2.05, 4.69) is 5.32 Å². The summed E-state index contributed by atoms with van der Waals surface area (Å²) in [5, 5.41) is 3.04. The molecule has 0 saturated heterocycles. The van der Waals surface area contributed by atoms with Gasteiger partial charge in [0.25, 0.3) is 0 Å². The van der Waals surface area contributed by atoms with Crippen molar-refractivity contribution in [2.24, 2.45) is 0 Å². The predicted octanol–water partition coefficient (Wildman–Crippen LogP) is 4.46. The van der Waals surface area contributed by atoms with Crippen LogP contribution in [0.3, 0.4) is 0 Å². The van der Waals surface area contributed by atoms with E-state index in [0.29, 0.717) is 17.7 Å². The van der Waals surface area contributed by atoms with Crippen molar-refractivity contribution in [3.8, 4) is 0 Å². The number of nitrogens with one attached hydrogen (secondary N) is 1. The topological polar surface area (TPSA) is 12.0 Å². The summed E-state index contributed by atoms with van der Waals surface area (Å²) >= 11 is 5.77. The van der Waals surface area contributed by atoms with Crippen molar-refractivity contribution in [3.63, 3.8) is 0 Å². The summed E-state index contributed by atoms with van der Waals surface area (Å²) in [5.41, 5.74) is 0.734. The Morgan fingerprint density at radius 3 is 2.50 bits per heavy atom. The molecule has 2 rings (SSSR count). The molecule has 106 valence electrons. The number of halogens is 4. The van der Waals surface area contributed by atoms with Crippen molar-refractivity contribution in [2.45, 2.75) is 13.0 Å². The van der Waals surface area contributed by atoms with Crippen molar-refractivity contribution < 1.29 is 13.2 Å². The fraction of sp³-hybridized carbons (Fsp3) is 0.200. The molecule has 5 heteroatoms. The van der Waals surface area contributed by atoms with Crippen LogP contribution in [-0.2, 0) is 0 Å². The minimum atomic E-state index is -0.965. The molecule has 0 spiro atoms. The SMILES string of the molecule is CCNC(c1ccc(F)c(F)c1)c1cccc(Cl)c1F. The van der Waals surface area contributed by atoms with Crippen molar-refractivity contribution >= 4 is 11.6 Å². The molecule has 2 aromatic rings. The van der Waals surface area contributed by atoms with Gasteiger partial charge in [0.2, 0.25) is 0 Å². The van der Waals surface area contributed by atoms with Crippen LogP contribution in [0, 0.1) is 17.5 Å². The molecule has 0 amide bonds. The van der Waals surface area contributed by atoms with Crippen molar-refractivity contribution in [1.29, 1.82) is 0 Å². The lowest BCUT2D eigenvalue weighted by Crippen LogP contribution is -2.23. The molecule has 2 aromatic carbocycles. The highest BCUT2D eigenvalue weighted by Crippen LogP contribution is 2.28. The molecule has 0 saturated carbocycles. The number of benzene rings is 2. The Labute approximate surface area is 120 Å². The monoisotopic (exact) mass is 299 g/mol. The molecule has 0 bridgehead atoms. The van der Waals surface area contributed by atoms with Gasteiger partial charge in [-0.1, -0.05) is 36.7 Å². The fourth-order valence-electron chi connectivity index (χ4n) is 2.05. The summed E-state index contributed by atoms with van der Waals surface area (Å²) in [6.07, 6.45) is 0. The van der Waals surface area contributed by atoms with E-state index in [1.54, 1.807) is 12.1 Å². The summed E-state index contributed by atoms with van der Waals surface area (Å²) in [6.45, 7) is 2.38. The first-order chi connectivity index (χ1) is 9.54. The van der Waals surface area contributed by atoms with Crippen LogP contribution in [0.15, 0.2) is 36.4 Å². The van der Waals surface area contributed by atoms with Gasteiger partial charge in [-0.2, -0.15) is 0 Å². The third-order valence-electron chi connectivity index (χ3n) is 2.98. The van der Waals surface area contributed by atoms with E-state index in [0.717, 1.165) is 12.1 Å². The van der Waals surface area contributed by atoms with Crippen molar-refractivity contribution in [2.75, 3.05) is 6.54 Å². The zero-order valence-electron chi connectivity index (χ0n) is 10.8. The Balaban J connectivity index is 2.50. The average Bonchev–Trinajstić information content (AvgIpc) is 2.43. The third kappa shape index (κ3) is 2.97. The van der Waals surface area contributed by atoms with Gasteiger partial charge in [0.05, 0.1) is 11.1 Å².